The highest BCUT2D eigenvalue weighted by atomic mass is 19.3. The van der Waals surface area contributed by atoms with Crippen LogP contribution in [0.1, 0.15) is 33.5 Å². The van der Waals surface area contributed by atoms with Crippen molar-refractivity contribution in [3.63, 3.8) is 0 Å². The summed E-state index contributed by atoms with van der Waals surface area (Å²) in [6.45, 7) is -0.234. The lowest BCUT2D eigenvalue weighted by atomic mass is 9.98. The molecule has 3 N–H and O–H groups in total. The van der Waals surface area contributed by atoms with E-state index in [0.717, 1.165) is 12.1 Å². The third-order valence-corrected chi connectivity index (χ3v) is 2.09. The number of hydrogen-bond acceptors (Lipinski definition) is 3. The second-order valence-corrected chi connectivity index (χ2v) is 3.01. The molecule has 0 radical (unpaired) electrons. The molecule has 16 heavy (non-hydrogen) atoms. The van der Waals surface area contributed by atoms with Gasteiger partial charge in [0.05, 0.1) is 17.2 Å². The molecule has 1 aromatic carbocycles. The van der Waals surface area contributed by atoms with E-state index in [1.165, 1.54) is 0 Å². The van der Waals surface area contributed by atoms with Gasteiger partial charge in [0.25, 0.3) is 6.43 Å². The first kappa shape index (κ1) is 12.1. The summed E-state index contributed by atoms with van der Waals surface area (Å²) in [5.41, 5.74) is 4.28. The van der Waals surface area contributed by atoms with E-state index in [4.69, 9.17) is 16.1 Å². The van der Waals surface area contributed by atoms with Gasteiger partial charge >= 0.3 is 5.97 Å². The maximum absolute atomic E-state index is 12.6. The molecule has 6 heteroatoms. The summed E-state index contributed by atoms with van der Waals surface area (Å²) in [5.74, 6) is -1.36. The Morgan fingerprint density at radius 1 is 1.56 bits per heavy atom. The second kappa shape index (κ2) is 4.68. The molecule has 84 valence electrons. The maximum Gasteiger partial charge on any atom is 0.335 e. The smallest absolute Gasteiger partial charge is 0.335 e. The van der Waals surface area contributed by atoms with Gasteiger partial charge in [0, 0.05) is 12.1 Å². The van der Waals surface area contributed by atoms with Crippen LogP contribution in [0.25, 0.3) is 0 Å². The van der Waals surface area contributed by atoms with Gasteiger partial charge in [-0.2, -0.15) is 5.26 Å². The molecule has 0 aromatic heterocycles. The number of nitrogens with zero attached hydrogens (tertiary/aromatic N) is 1. The van der Waals surface area contributed by atoms with E-state index in [9.17, 15) is 13.6 Å². The number of hydrogen-bond donors (Lipinski definition) is 2. The summed E-state index contributed by atoms with van der Waals surface area (Å²) in [7, 11) is 0. The Kier molecular flexibility index (Phi) is 3.53. The van der Waals surface area contributed by atoms with Crippen LogP contribution in [0.4, 0.5) is 8.78 Å². The van der Waals surface area contributed by atoms with E-state index in [-0.39, 0.29) is 23.2 Å². The van der Waals surface area contributed by atoms with Crippen molar-refractivity contribution in [3.05, 3.63) is 34.4 Å². The molecule has 0 atom stereocenters. The number of nitriles is 1. The van der Waals surface area contributed by atoms with Gasteiger partial charge < -0.3 is 10.8 Å². The van der Waals surface area contributed by atoms with Crippen molar-refractivity contribution >= 4 is 5.97 Å². The Balaban J connectivity index is 3.51. The van der Waals surface area contributed by atoms with Crippen molar-refractivity contribution < 1.29 is 18.7 Å². The molecule has 0 heterocycles. The van der Waals surface area contributed by atoms with Crippen LogP contribution < -0.4 is 5.73 Å². The second-order valence-electron chi connectivity index (χ2n) is 3.01. The molecular formula is C10H8F2N2O2. The number of carbonyl (C=O) groups is 1. The van der Waals surface area contributed by atoms with Crippen LogP contribution in [0.3, 0.4) is 0 Å². The Hall–Kier alpha value is -2.00. The van der Waals surface area contributed by atoms with Crippen LogP contribution in [-0.4, -0.2) is 11.1 Å². The average molecular weight is 226 g/mol. The molecule has 0 aliphatic heterocycles. The molecule has 1 rings (SSSR count). The van der Waals surface area contributed by atoms with Gasteiger partial charge in [-0.25, -0.2) is 13.6 Å². The monoisotopic (exact) mass is 226 g/mol. The zero-order valence-corrected chi connectivity index (χ0v) is 8.08. The lowest BCUT2D eigenvalue weighted by Crippen LogP contribution is -2.08. The molecule has 0 spiro atoms. The van der Waals surface area contributed by atoms with Crippen LogP contribution in [-0.2, 0) is 6.54 Å². The fraction of sp³-hybridized carbons (Fsp3) is 0.200. The Morgan fingerprint density at radius 2 is 2.19 bits per heavy atom. The molecule has 0 aliphatic carbocycles. The van der Waals surface area contributed by atoms with Gasteiger partial charge in [-0.15, -0.1) is 0 Å². The highest BCUT2D eigenvalue weighted by Gasteiger charge is 2.19. The zero-order chi connectivity index (χ0) is 12.3. The van der Waals surface area contributed by atoms with Crippen molar-refractivity contribution in [1.82, 2.24) is 0 Å². The standard InChI is InChI=1S/C10H8F2N2O2/c11-9(12)7-2-5(10(15)16)1-6(3-13)8(7)4-14/h1-2,9H,4,14H2,(H,15,16). The predicted molar refractivity (Wildman–Crippen MR) is 51.0 cm³/mol. The Morgan fingerprint density at radius 3 is 2.56 bits per heavy atom. The third kappa shape index (κ3) is 2.15. The van der Waals surface area contributed by atoms with Gasteiger partial charge in [0.1, 0.15) is 0 Å². The fourth-order valence-corrected chi connectivity index (χ4v) is 1.34. The zero-order valence-electron chi connectivity index (χ0n) is 8.08. The Labute approximate surface area is 89.9 Å². The van der Waals surface area contributed by atoms with Crippen LogP contribution in [0.15, 0.2) is 12.1 Å². The first-order chi connectivity index (χ1) is 7.51. The van der Waals surface area contributed by atoms with E-state index < -0.39 is 18.0 Å². The predicted octanol–water partition coefficient (Wildman–Crippen LogP) is 1.65. The molecule has 4 nitrogen and oxygen atoms in total. The van der Waals surface area contributed by atoms with E-state index >= 15 is 0 Å². The lowest BCUT2D eigenvalue weighted by Gasteiger charge is -2.10. The minimum absolute atomic E-state index is 0.0116. The van der Waals surface area contributed by atoms with Crippen molar-refractivity contribution in [2.24, 2.45) is 5.73 Å². The number of carboxylic acids is 1. The number of halogens is 2. The topological polar surface area (TPSA) is 87.1 Å². The molecule has 0 saturated heterocycles. The van der Waals surface area contributed by atoms with Crippen molar-refractivity contribution in [2.45, 2.75) is 13.0 Å². The first-order valence-electron chi connectivity index (χ1n) is 4.29. The Bertz CT molecular complexity index is 467. The summed E-state index contributed by atoms with van der Waals surface area (Å²) < 4.78 is 25.2. The van der Waals surface area contributed by atoms with Gasteiger partial charge in [-0.05, 0) is 17.7 Å². The maximum atomic E-state index is 12.6. The number of alkyl halides is 2. The largest absolute Gasteiger partial charge is 0.478 e. The van der Waals surface area contributed by atoms with Crippen molar-refractivity contribution in [2.75, 3.05) is 0 Å². The molecule has 1 aromatic rings. The van der Waals surface area contributed by atoms with Gasteiger partial charge in [0.15, 0.2) is 0 Å². The van der Waals surface area contributed by atoms with Gasteiger partial charge in [-0.3, -0.25) is 0 Å². The SMILES string of the molecule is N#Cc1cc(C(=O)O)cc(C(F)F)c1CN. The highest BCUT2D eigenvalue weighted by molar-refractivity contribution is 5.88. The van der Waals surface area contributed by atoms with E-state index in [1.807, 2.05) is 0 Å². The number of benzene rings is 1. The summed E-state index contributed by atoms with van der Waals surface area (Å²) in [4.78, 5) is 10.7. The van der Waals surface area contributed by atoms with Crippen molar-refractivity contribution in [3.8, 4) is 6.07 Å². The first-order valence-corrected chi connectivity index (χ1v) is 4.29. The molecule has 0 aliphatic rings. The molecular weight excluding hydrogens is 218 g/mol. The minimum Gasteiger partial charge on any atom is -0.478 e. The number of rotatable bonds is 3. The molecule has 0 amide bonds. The third-order valence-electron chi connectivity index (χ3n) is 2.09. The number of carboxylic acid groups (broad SMARTS) is 1. The van der Waals surface area contributed by atoms with Crippen LogP contribution >= 0.6 is 0 Å². The summed E-state index contributed by atoms with van der Waals surface area (Å²) in [5, 5.41) is 17.4. The summed E-state index contributed by atoms with van der Waals surface area (Å²) >= 11 is 0. The van der Waals surface area contributed by atoms with Gasteiger partial charge in [0.2, 0.25) is 0 Å². The van der Waals surface area contributed by atoms with Crippen LogP contribution in [0, 0.1) is 11.3 Å². The van der Waals surface area contributed by atoms with E-state index in [1.54, 1.807) is 6.07 Å². The average Bonchev–Trinajstić information content (AvgIpc) is 2.26. The number of aromatic carboxylic acids is 1. The van der Waals surface area contributed by atoms with Gasteiger partial charge in [-0.1, -0.05) is 0 Å². The van der Waals surface area contributed by atoms with Crippen LogP contribution in [0.5, 0.6) is 0 Å². The van der Waals surface area contributed by atoms with Crippen LogP contribution in [0.2, 0.25) is 0 Å². The highest BCUT2D eigenvalue weighted by Crippen LogP contribution is 2.26. The molecule has 0 saturated carbocycles. The van der Waals surface area contributed by atoms with Crippen molar-refractivity contribution in [1.29, 1.82) is 5.26 Å². The summed E-state index contributed by atoms with van der Waals surface area (Å²) in [6.07, 6.45) is -2.86. The molecule has 0 bridgehead atoms. The summed E-state index contributed by atoms with van der Waals surface area (Å²) in [6, 6.07) is 3.54. The van der Waals surface area contributed by atoms with E-state index in [0.29, 0.717) is 0 Å². The van der Waals surface area contributed by atoms with E-state index in [2.05, 4.69) is 0 Å². The molecule has 0 unspecified atom stereocenters. The quantitative estimate of drug-likeness (QED) is 0.820. The normalized spacial score (nSPS) is 10.2. The lowest BCUT2D eigenvalue weighted by molar-refractivity contribution is 0.0696. The molecule has 0 fully saturated rings. The minimum atomic E-state index is -2.86. The fourth-order valence-electron chi connectivity index (χ4n) is 1.34. The number of nitrogens with two attached hydrogens (primary N) is 1.